The smallest absolute Gasteiger partial charge is 0.335 e. The molecule has 0 aliphatic rings. The number of hydrogen-bond acceptors (Lipinski definition) is 4. The average Bonchev–Trinajstić information content (AvgIpc) is 2.54. The number of benzene rings is 1. The minimum absolute atomic E-state index is 0.289. The van der Waals surface area contributed by atoms with Gasteiger partial charge in [-0.05, 0) is 30.7 Å². The van der Waals surface area contributed by atoms with Crippen LogP contribution in [0.1, 0.15) is 22.8 Å². The van der Waals surface area contributed by atoms with Crippen LogP contribution in [-0.4, -0.2) is 29.7 Å². The van der Waals surface area contributed by atoms with Crippen LogP contribution in [0.5, 0.6) is 5.88 Å². The number of nitrogens with one attached hydrogen (secondary N) is 1. The van der Waals surface area contributed by atoms with Gasteiger partial charge < -0.3 is 15.2 Å². The third kappa shape index (κ3) is 4.34. The molecule has 2 N–H and O–H groups in total. The first-order valence-corrected chi connectivity index (χ1v) is 6.83. The highest BCUT2D eigenvalue weighted by Crippen LogP contribution is 2.13. The number of nitrogens with zero attached hydrogens (tertiary/aromatic N) is 1. The lowest BCUT2D eigenvalue weighted by Gasteiger charge is -2.07. The van der Waals surface area contributed by atoms with E-state index in [1.807, 2.05) is 19.1 Å². The van der Waals surface area contributed by atoms with Gasteiger partial charge in [0.25, 0.3) is 0 Å². The van der Waals surface area contributed by atoms with Gasteiger partial charge in [-0.1, -0.05) is 23.8 Å². The summed E-state index contributed by atoms with van der Waals surface area (Å²) in [5.74, 6) is -0.336. The molecular weight excluding hydrogens is 280 g/mol. The second-order valence-electron chi connectivity index (χ2n) is 4.86. The van der Waals surface area contributed by atoms with E-state index in [1.165, 1.54) is 0 Å². The summed E-state index contributed by atoms with van der Waals surface area (Å²) in [5, 5.41) is 12.1. The van der Waals surface area contributed by atoms with E-state index in [4.69, 9.17) is 9.84 Å². The molecule has 0 atom stereocenters. The number of methoxy groups -OCH3 is 1. The number of carbonyl (C=O) groups is 1. The lowest BCUT2D eigenvalue weighted by molar-refractivity contribution is 0.0697. The van der Waals surface area contributed by atoms with Gasteiger partial charge in [0.05, 0.1) is 24.6 Å². The van der Waals surface area contributed by atoms with Crippen molar-refractivity contribution in [3.05, 3.63) is 59.3 Å². The summed E-state index contributed by atoms with van der Waals surface area (Å²) in [6.45, 7) is 2.68. The van der Waals surface area contributed by atoms with Crippen LogP contribution in [-0.2, 0) is 0 Å². The molecule has 1 aromatic carbocycles. The molecule has 2 aromatic rings. The van der Waals surface area contributed by atoms with Crippen molar-refractivity contribution >= 4 is 17.7 Å². The van der Waals surface area contributed by atoms with E-state index in [2.05, 4.69) is 10.3 Å². The Bertz CT molecular complexity index is 661. The highest BCUT2D eigenvalue weighted by molar-refractivity contribution is 5.87. The fourth-order valence-corrected chi connectivity index (χ4v) is 1.90. The van der Waals surface area contributed by atoms with Crippen molar-refractivity contribution in [2.75, 3.05) is 19.0 Å². The van der Waals surface area contributed by atoms with E-state index < -0.39 is 5.97 Å². The molecule has 0 spiro atoms. The van der Waals surface area contributed by atoms with Gasteiger partial charge in [0.15, 0.2) is 0 Å². The highest BCUT2D eigenvalue weighted by atomic mass is 16.5. The highest BCUT2D eigenvalue weighted by Gasteiger charge is 2.01. The number of ether oxygens (including phenoxy) is 1. The van der Waals surface area contributed by atoms with Crippen LogP contribution in [0.15, 0.2) is 48.2 Å². The summed E-state index contributed by atoms with van der Waals surface area (Å²) in [7, 11) is 1.58. The zero-order valence-electron chi connectivity index (χ0n) is 12.5. The SMILES string of the molecule is COc1ccc(NCC(C)=Cc2ccc(C(=O)O)cc2)cn1. The molecule has 0 saturated carbocycles. The summed E-state index contributed by atoms with van der Waals surface area (Å²) in [6.07, 6.45) is 3.73. The minimum Gasteiger partial charge on any atom is -0.481 e. The summed E-state index contributed by atoms with van der Waals surface area (Å²) in [5.41, 5.74) is 3.29. The molecule has 0 amide bonds. The van der Waals surface area contributed by atoms with Gasteiger partial charge in [0.1, 0.15) is 0 Å². The molecular formula is C17H18N2O3. The van der Waals surface area contributed by atoms with Crippen LogP contribution in [0.2, 0.25) is 0 Å². The molecule has 1 heterocycles. The van der Waals surface area contributed by atoms with Crippen molar-refractivity contribution < 1.29 is 14.6 Å². The fourth-order valence-electron chi connectivity index (χ4n) is 1.90. The third-order valence-corrected chi connectivity index (χ3v) is 3.09. The Hall–Kier alpha value is -2.82. The summed E-state index contributed by atoms with van der Waals surface area (Å²) in [4.78, 5) is 14.9. The standard InChI is InChI=1S/C17H18N2O3/c1-12(9-13-3-5-14(6-4-13)17(20)21)10-18-15-7-8-16(22-2)19-11-15/h3-9,11,18H,10H2,1-2H3,(H,20,21). The van der Waals surface area contributed by atoms with Crippen LogP contribution in [0.3, 0.4) is 0 Å². The number of carboxylic acids is 1. The predicted molar refractivity (Wildman–Crippen MR) is 86.3 cm³/mol. The van der Waals surface area contributed by atoms with E-state index >= 15 is 0 Å². The molecule has 114 valence electrons. The van der Waals surface area contributed by atoms with E-state index in [0.717, 1.165) is 16.8 Å². The minimum atomic E-state index is -0.916. The van der Waals surface area contributed by atoms with Crippen molar-refractivity contribution in [3.63, 3.8) is 0 Å². The molecule has 22 heavy (non-hydrogen) atoms. The first-order chi connectivity index (χ1) is 10.6. The van der Waals surface area contributed by atoms with Crippen LogP contribution >= 0.6 is 0 Å². The van der Waals surface area contributed by atoms with E-state index in [0.29, 0.717) is 12.4 Å². The molecule has 2 rings (SSSR count). The Kier molecular flexibility index (Phi) is 5.14. The lowest BCUT2D eigenvalue weighted by atomic mass is 10.1. The monoisotopic (exact) mass is 298 g/mol. The molecule has 1 aromatic heterocycles. The molecule has 0 aliphatic carbocycles. The van der Waals surface area contributed by atoms with Crippen molar-refractivity contribution in [1.82, 2.24) is 4.98 Å². The molecule has 0 radical (unpaired) electrons. The van der Waals surface area contributed by atoms with Gasteiger partial charge in [-0.15, -0.1) is 0 Å². The Morgan fingerprint density at radius 2 is 2.00 bits per heavy atom. The van der Waals surface area contributed by atoms with Crippen LogP contribution < -0.4 is 10.1 Å². The summed E-state index contributed by atoms with van der Waals surface area (Å²) in [6, 6.07) is 10.5. The number of anilines is 1. The summed E-state index contributed by atoms with van der Waals surface area (Å²) >= 11 is 0. The van der Waals surface area contributed by atoms with Crippen LogP contribution in [0.4, 0.5) is 5.69 Å². The van der Waals surface area contributed by atoms with Gasteiger partial charge in [0, 0.05) is 12.6 Å². The van der Waals surface area contributed by atoms with Crippen LogP contribution in [0, 0.1) is 0 Å². The maximum Gasteiger partial charge on any atom is 0.335 e. The number of aromatic carboxylic acids is 1. The first kappa shape index (κ1) is 15.6. The van der Waals surface area contributed by atoms with Crippen molar-refractivity contribution in [2.45, 2.75) is 6.92 Å². The second-order valence-corrected chi connectivity index (χ2v) is 4.86. The van der Waals surface area contributed by atoms with E-state index in [-0.39, 0.29) is 5.56 Å². The fraction of sp³-hybridized carbons (Fsp3) is 0.176. The first-order valence-electron chi connectivity index (χ1n) is 6.83. The molecule has 0 saturated heterocycles. The third-order valence-electron chi connectivity index (χ3n) is 3.09. The van der Waals surface area contributed by atoms with Crippen molar-refractivity contribution in [1.29, 1.82) is 0 Å². The maximum atomic E-state index is 10.8. The number of rotatable bonds is 6. The number of aromatic nitrogens is 1. The van der Waals surface area contributed by atoms with E-state index in [9.17, 15) is 4.79 Å². The Labute approximate surface area is 129 Å². The number of hydrogen-bond donors (Lipinski definition) is 2. The lowest BCUT2D eigenvalue weighted by Crippen LogP contribution is -2.03. The zero-order valence-corrected chi connectivity index (χ0v) is 12.5. The topological polar surface area (TPSA) is 71.5 Å². The van der Waals surface area contributed by atoms with Gasteiger partial charge >= 0.3 is 5.97 Å². The second kappa shape index (κ2) is 7.26. The predicted octanol–water partition coefficient (Wildman–Crippen LogP) is 3.30. The maximum absolute atomic E-state index is 10.8. The largest absolute Gasteiger partial charge is 0.481 e. The average molecular weight is 298 g/mol. The Morgan fingerprint density at radius 1 is 1.27 bits per heavy atom. The summed E-state index contributed by atoms with van der Waals surface area (Å²) < 4.78 is 5.01. The molecule has 5 nitrogen and oxygen atoms in total. The molecule has 0 aliphatic heterocycles. The van der Waals surface area contributed by atoms with Crippen molar-refractivity contribution in [3.8, 4) is 5.88 Å². The van der Waals surface area contributed by atoms with Crippen molar-refractivity contribution in [2.24, 2.45) is 0 Å². The Balaban J connectivity index is 1.95. The normalized spacial score (nSPS) is 11.1. The molecule has 0 fully saturated rings. The van der Waals surface area contributed by atoms with E-state index in [1.54, 1.807) is 43.6 Å². The quantitative estimate of drug-likeness (QED) is 0.856. The molecule has 5 heteroatoms. The number of pyridine rings is 1. The van der Waals surface area contributed by atoms with Gasteiger partial charge in [-0.3, -0.25) is 0 Å². The molecule has 0 unspecified atom stereocenters. The molecule has 0 bridgehead atoms. The van der Waals surface area contributed by atoms with Gasteiger partial charge in [-0.25, -0.2) is 9.78 Å². The number of carboxylic acid groups (broad SMARTS) is 1. The van der Waals surface area contributed by atoms with Crippen LogP contribution in [0.25, 0.3) is 6.08 Å². The van der Waals surface area contributed by atoms with Gasteiger partial charge in [-0.2, -0.15) is 0 Å². The zero-order chi connectivity index (χ0) is 15.9. The van der Waals surface area contributed by atoms with Gasteiger partial charge in [0.2, 0.25) is 5.88 Å². The Morgan fingerprint density at radius 3 is 2.55 bits per heavy atom.